The molecule has 0 unspecified atom stereocenters. The molecule has 3 aromatic rings. The first-order valence-electron chi connectivity index (χ1n) is 16.6. The maximum absolute atomic E-state index is 16.3. The molecule has 4 heterocycles. The van der Waals surface area contributed by atoms with Gasteiger partial charge in [-0.15, -0.1) is 0 Å². The lowest BCUT2D eigenvalue weighted by atomic mass is 9.94. The Balaban J connectivity index is 1.37. The molecule has 2 aliphatic rings. The summed E-state index contributed by atoms with van der Waals surface area (Å²) in [5.41, 5.74) is 6.63. The van der Waals surface area contributed by atoms with E-state index in [-0.39, 0.29) is 53.5 Å². The van der Waals surface area contributed by atoms with E-state index in [1.807, 2.05) is 6.07 Å². The topological polar surface area (TPSA) is 181 Å². The molecule has 13 nitrogen and oxygen atoms in total. The maximum atomic E-state index is 16.3. The number of nitrogens with zero attached hydrogens (tertiary/aromatic N) is 5. The number of halogens is 1. The third-order valence-corrected chi connectivity index (χ3v) is 8.37. The number of hydrogen-bond acceptors (Lipinski definition) is 10. The molecule has 0 aliphatic carbocycles. The van der Waals surface area contributed by atoms with E-state index in [0.717, 1.165) is 5.69 Å². The molecular weight excluding hydrogens is 657 g/mol. The Morgan fingerprint density at radius 3 is 2.33 bits per heavy atom. The van der Waals surface area contributed by atoms with Gasteiger partial charge in [0.1, 0.15) is 34.9 Å². The van der Waals surface area contributed by atoms with Crippen LogP contribution >= 0.6 is 0 Å². The minimum atomic E-state index is -1.16. The zero-order valence-electron chi connectivity index (χ0n) is 29.6. The van der Waals surface area contributed by atoms with Gasteiger partial charge in [0.05, 0.1) is 17.8 Å². The second-order valence-corrected chi connectivity index (χ2v) is 14.7. The second-order valence-electron chi connectivity index (χ2n) is 14.7. The van der Waals surface area contributed by atoms with Crippen LogP contribution in [0.4, 0.5) is 15.0 Å². The molecule has 0 saturated carbocycles. The van der Waals surface area contributed by atoms with Crippen molar-refractivity contribution in [3.05, 3.63) is 76.4 Å². The number of primary amides is 1. The minimum absolute atomic E-state index is 0.0663. The molecule has 0 radical (unpaired) electrons. The van der Waals surface area contributed by atoms with Crippen LogP contribution in [0.1, 0.15) is 93.0 Å². The summed E-state index contributed by atoms with van der Waals surface area (Å²) in [6, 6.07) is 10.8. The Kier molecular flexibility index (Phi) is 10.4. The molecule has 3 N–H and O–H groups in total. The van der Waals surface area contributed by atoms with E-state index in [1.165, 1.54) is 17.0 Å². The van der Waals surface area contributed by atoms with Gasteiger partial charge in [-0.05, 0) is 78.3 Å². The van der Waals surface area contributed by atoms with Crippen molar-refractivity contribution in [2.45, 2.75) is 90.6 Å². The molecule has 51 heavy (non-hydrogen) atoms. The van der Waals surface area contributed by atoms with Crippen LogP contribution in [-0.2, 0) is 32.2 Å². The SMILES string of the molecule is CC(C)(C)OC(=O)CC[C@@H](C(N)=O)N1Cc2c(ccc(-c3ccc(CN4CC(c5ccc(C#N)cn5)C4)c(NC(=O)OC(C)(C)C)n3)c2F)C1=O. The van der Waals surface area contributed by atoms with Gasteiger partial charge < -0.3 is 20.1 Å². The first-order valence-corrected chi connectivity index (χ1v) is 16.6. The lowest BCUT2D eigenvalue weighted by Gasteiger charge is -2.39. The lowest BCUT2D eigenvalue weighted by molar-refractivity contribution is -0.155. The molecule has 14 heteroatoms. The summed E-state index contributed by atoms with van der Waals surface area (Å²) in [6.45, 7) is 11.9. The van der Waals surface area contributed by atoms with Gasteiger partial charge in [-0.1, -0.05) is 6.07 Å². The summed E-state index contributed by atoms with van der Waals surface area (Å²) >= 11 is 0. The number of rotatable bonds is 10. The molecule has 3 amide bonds. The number of nitriles is 1. The fraction of sp³-hybridized carbons (Fsp3) is 0.432. The predicted molar refractivity (Wildman–Crippen MR) is 184 cm³/mol. The van der Waals surface area contributed by atoms with Gasteiger partial charge in [-0.3, -0.25) is 29.6 Å². The van der Waals surface area contributed by atoms with Crippen molar-refractivity contribution in [3.8, 4) is 17.3 Å². The van der Waals surface area contributed by atoms with Crippen LogP contribution in [0.25, 0.3) is 11.3 Å². The molecule has 268 valence electrons. The highest BCUT2D eigenvalue weighted by molar-refractivity contribution is 6.01. The standard InChI is InChI=1S/C37H42FN7O6/c1-36(2,3)50-30(46)14-13-29(32(40)47)45-20-26-24(34(45)48)9-10-25(31(26)38)28-12-8-22(33(42-28)43-35(49)51-37(4,5)6)17-44-18-23(19-44)27-11-7-21(15-39)16-41-27/h7-12,16,23,29H,13-14,17-20H2,1-6H3,(H2,40,47)(H,42,43,49)/t29-/m0/s1. The summed E-state index contributed by atoms with van der Waals surface area (Å²) < 4.78 is 27.1. The van der Waals surface area contributed by atoms with Gasteiger partial charge in [0.15, 0.2) is 0 Å². The first kappa shape index (κ1) is 36.9. The van der Waals surface area contributed by atoms with Crippen molar-refractivity contribution >= 4 is 29.7 Å². The Morgan fingerprint density at radius 1 is 1.04 bits per heavy atom. The van der Waals surface area contributed by atoms with Crippen LogP contribution in [0.15, 0.2) is 42.6 Å². The third-order valence-electron chi connectivity index (χ3n) is 8.37. The van der Waals surface area contributed by atoms with Crippen molar-refractivity contribution in [2.75, 3.05) is 18.4 Å². The molecule has 2 aliphatic heterocycles. The van der Waals surface area contributed by atoms with Crippen LogP contribution in [0, 0.1) is 17.1 Å². The number of likely N-dealkylation sites (tertiary alicyclic amines) is 1. The largest absolute Gasteiger partial charge is 0.460 e. The van der Waals surface area contributed by atoms with E-state index in [1.54, 1.807) is 65.9 Å². The predicted octanol–water partition coefficient (Wildman–Crippen LogP) is 5.03. The molecule has 0 bridgehead atoms. The second kappa shape index (κ2) is 14.4. The van der Waals surface area contributed by atoms with Gasteiger partial charge in [-0.25, -0.2) is 14.2 Å². The van der Waals surface area contributed by atoms with Gasteiger partial charge in [0, 0.05) is 66.1 Å². The van der Waals surface area contributed by atoms with Crippen molar-refractivity contribution in [1.82, 2.24) is 19.8 Å². The van der Waals surface area contributed by atoms with Crippen molar-refractivity contribution in [2.24, 2.45) is 5.73 Å². The molecule has 1 aromatic carbocycles. The van der Waals surface area contributed by atoms with Crippen LogP contribution in [0.3, 0.4) is 0 Å². The van der Waals surface area contributed by atoms with E-state index >= 15 is 4.39 Å². The third kappa shape index (κ3) is 8.85. The average molecular weight is 700 g/mol. The number of anilines is 1. The fourth-order valence-corrected chi connectivity index (χ4v) is 6.04. The lowest BCUT2D eigenvalue weighted by Crippen LogP contribution is -2.45. The molecular formula is C37H42FN7O6. The first-order chi connectivity index (χ1) is 23.9. The summed E-state index contributed by atoms with van der Waals surface area (Å²) in [5, 5.41) is 11.8. The molecule has 1 fully saturated rings. The Hall–Kier alpha value is -5.42. The highest BCUT2D eigenvalue weighted by atomic mass is 19.1. The normalized spacial score (nSPS) is 15.4. The highest BCUT2D eigenvalue weighted by Gasteiger charge is 2.38. The highest BCUT2D eigenvalue weighted by Crippen LogP contribution is 2.35. The zero-order valence-corrected chi connectivity index (χ0v) is 29.6. The molecule has 1 saturated heterocycles. The molecule has 5 rings (SSSR count). The number of fused-ring (bicyclic) bond motifs is 1. The number of aromatic nitrogens is 2. The van der Waals surface area contributed by atoms with Gasteiger partial charge >= 0.3 is 12.1 Å². The van der Waals surface area contributed by atoms with Crippen molar-refractivity contribution in [3.63, 3.8) is 0 Å². The Morgan fingerprint density at radius 2 is 1.73 bits per heavy atom. The number of nitrogens with one attached hydrogen (secondary N) is 1. The minimum Gasteiger partial charge on any atom is -0.460 e. The number of benzene rings is 1. The zero-order chi connectivity index (χ0) is 37.2. The molecule has 0 spiro atoms. The molecule has 1 atom stereocenters. The number of carbonyl (C=O) groups is 4. The smallest absolute Gasteiger partial charge is 0.413 e. The van der Waals surface area contributed by atoms with E-state index in [2.05, 4.69) is 26.3 Å². The monoisotopic (exact) mass is 699 g/mol. The number of hydrogen-bond donors (Lipinski definition) is 2. The number of esters is 1. The summed E-state index contributed by atoms with van der Waals surface area (Å²) in [4.78, 5) is 63.3. The Bertz CT molecular complexity index is 1890. The maximum Gasteiger partial charge on any atom is 0.413 e. The van der Waals surface area contributed by atoms with E-state index in [0.29, 0.717) is 30.8 Å². The van der Waals surface area contributed by atoms with E-state index in [4.69, 9.17) is 20.5 Å². The summed E-state index contributed by atoms with van der Waals surface area (Å²) in [7, 11) is 0. The van der Waals surface area contributed by atoms with E-state index < -0.39 is 46.9 Å². The summed E-state index contributed by atoms with van der Waals surface area (Å²) in [5.74, 6) is -2.28. The number of carbonyl (C=O) groups excluding carboxylic acids is 4. The van der Waals surface area contributed by atoms with Crippen molar-refractivity contribution < 1.29 is 33.0 Å². The van der Waals surface area contributed by atoms with Crippen LogP contribution in [0.2, 0.25) is 0 Å². The van der Waals surface area contributed by atoms with Crippen LogP contribution < -0.4 is 11.1 Å². The van der Waals surface area contributed by atoms with Gasteiger partial charge in [-0.2, -0.15) is 5.26 Å². The molecule has 2 aromatic heterocycles. The van der Waals surface area contributed by atoms with Crippen molar-refractivity contribution in [1.29, 1.82) is 5.26 Å². The average Bonchev–Trinajstić information content (AvgIpc) is 3.34. The Labute approximate surface area is 295 Å². The number of ether oxygens (including phenoxy) is 2. The van der Waals surface area contributed by atoms with Gasteiger partial charge in [0.25, 0.3) is 5.91 Å². The number of pyridine rings is 2. The van der Waals surface area contributed by atoms with Gasteiger partial charge in [0.2, 0.25) is 5.91 Å². The fourth-order valence-electron chi connectivity index (χ4n) is 6.04. The number of amides is 3. The number of nitrogens with two attached hydrogens (primary N) is 1. The van der Waals surface area contributed by atoms with Crippen LogP contribution in [-0.4, -0.2) is 74.0 Å². The summed E-state index contributed by atoms with van der Waals surface area (Å²) in [6.07, 6.45) is 0.587. The van der Waals surface area contributed by atoms with E-state index in [9.17, 15) is 19.2 Å². The van der Waals surface area contributed by atoms with Crippen LogP contribution in [0.5, 0.6) is 0 Å². The quantitative estimate of drug-likeness (QED) is 0.272.